The minimum atomic E-state index is -1.03. The Morgan fingerprint density at radius 2 is 1.00 bits per heavy atom. The molecule has 0 spiro atoms. The second-order valence-electron chi connectivity index (χ2n) is 2.26. The fourth-order valence-corrected chi connectivity index (χ4v) is 0.859. The first-order valence-corrected chi connectivity index (χ1v) is 2.98. The zero-order chi connectivity index (χ0) is 8.31. The molecule has 0 atom stereocenters. The molecular weight excluding hydrogens is 327 g/mol. The van der Waals surface area contributed by atoms with E-state index in [-0.39, 0.29) is 38.4 Å². The summed E-state index contributed by atoms with van der Waals surface area (Å²) in [7, 11) is 0. The van der Waals surface area contributed by atoms with Crippen LogP contribution in [0.3, 0.4) is 0 Å². The molecule has 0 aliphatic carbocycles. The molecule has 0 heterocycles. The maximum Gasteiger partial charge on any atom is 0.147 e. The monoisotopic (exact) mass is 337 g/mol. The Hall–Kier alpha value is -0.302. The smallest absolute Gasteiger partial charge is 0.147 e. The molecule has 0 radical (unpaired) electrons. The van der Waals surface area contributed by atoms with Crippen LogP contribution in [0.1, 0.15) is 20.8 Å². The van der Waals surface area contributed by atoms with E-state index in [4.69, 9.17) is 0 Å². The zero-order valence-corrected chi connectivity index (χ0v) is 8.89. The van der Waals surface area contributed by atoms with Crippen LogP contribution in [0.5, 0.6) is 0 Å². The summed E-state index contributed by atoms with van der Waals surface area (Å²) in [6.45, 7) is 3.73. The van der Waals surface area contributed by atoms with E-state index in [0.29, 0.717) is 0 Å². The van der Waals surface area contributed by atoms with E-state index in [9.17, 15) is 14.4 Å². The Morgan fingerprint density at radius 3 is 1.00 bits per heavy atom. The summed E-state index contributed by atoms with van der Waals surface area (Å²) >= 11 is 0. The molecule has 0 bridgehead atoms. The Bertz CT molecular complexity index is 153. The number of carbonyl (C=O) groups is 3. The maximum absolute atomic E-state index is 10.6. The van der Waals surface area contributed by atoms with E-state index in [1.165, 1.54) is 20.8 Å². The first-order valence-electron chi connectivity index (χ1n) is 2.98. The molecule has 0 aromatic heterocycles. The number of ketones is 3. The van der Waals surface area contributed by atoms with Gasteiger partial charge in [-0.3, -0.25) is 14.4 Å². The van der Waals surface area contributed by atoms with E-state index >= 15 is 0 Å². The Labute approximate surface area is 79.8 Å². The molecule has 0 fully saturated rings. The third kappa shape index (κ3) is 4.20. The summed E-state index contributed by atoms with van der Waals surface area (Å²) < 4.78 is 0. The van der Waals surface area contributed by atoms with Gasteiger partial charge >= 0.3 is 0 Å². The van der Waals surface area contributed by atoms with Crippen molar-refractivity contribution in [3.8, 4) is 0 Å². The zero-order valence-electron chi connectivity index (χ0n) is 6.62. The van der Waals surface area contributed by atoms with Gasteiger partial charge in [-0.05, 0) is 20.8 Å². The Balaban J connectivity index is 0. The number of hydrogen-bond acceptors (Lipinski definition) is 3. The molecule has 0 unspecified atom stereocenters. The van der Waals surface area contributed by atoms with E-state index in [2.05, 4.69) is 0 Å². The van der Waals surface area contributed by atoms with Crippen LogP contribution >= 0.6 is 0 Å². The molecule has 0 N–H and O–H groups in total. The van der Waals surface area contributed by atoms with Crippen LogP contribution in [0.15, 0.2) is 0 Å². The van der Waals surface area contributed by atoms with Crippen LogP contribution in [-0.2, 0) is 35.4 Å². The Kier molecular flexibility index (Phi) is 6.48. The predicted octanol–water partition coefficient (Wildman–Crippen LogP) is 0.367. The predicted molar refractivity (Wildman–Crippen MR) is 35.5 cm³/mol. The van der Waals surface area contributed by atoms with Gasteiger partial charge in [0.1, 0.15) is 23.3 Å². The van der Waals surface area contributed by atoms with Gasteiger partial charge in [-0.2, -0.15) is 0 Å². The van der Waals surface area contributed by atoms with Crippen molar-refractivity contribution >= 4 is 17.3 Å². The molecule has 0 aliphatic rings. The van der Waals surface area contributed by atoms with Crippen molar-refractivity contribution < 1.29 is 35.4 Å². The standard InChI is InChI=1S/C7H10O3.Pt/c1-4(8)7(5(2)9)6(3)10;/h7H,1-3H3;. The average Bonchev–Trinajstić information content (AvgIpc) is 1.59. The van der Waals surface area contributed by atoms with Crippen molar-refractivity contribution in [1.82, 2.24) is 0 Å². The summed E-state index contributed by atoms with van der Waals surface area (Å²) in [6, 6.07) is 0. The number of hydrogen-bond donors (Lipinski definition) is 0. The summed E-state index contributed by atoms with van der Waals surface area (Å²) in [5.41, 5.74) is 0. The molecule has 0 aromatic rings. The van der Waals surface area contributed by atoms with Crippen molar-refractivity contribution in [2.24, 2.45) is 5.92 Å². The molecule has 4 heteroatoms. The van der Waals surface area contributed by atoms with Crippen molar-refractivity contribution in [3.63, 3.8) is 0 Å². The maximum atomic E-state index is 10.6. The minimum Gasteiger partial charge on any atom is -0.299 e. The Morgan fingerprint density at radius 1 is 0.818 bits per heavy atom. The van der Waals surface area contributed by atoms with Crippen molar-refractivity contribution in [3.05, 3.63) is 0 Å². The van der Waals surface area contributed by atoms with Crippen molar-refractivity contribution in [1.29, 1.82) is 0 Å². The molecule has 0 aromatic carbocycles. The van der Waals surface area contributed by atoms with E-state index in [1.54, 1.807) is 0 Å². The molecule has 0 saturated carbocycles. The van der Waals surface area contributed by atoms with E-state index in [0.717, 1.165) is 0 Å². The van der Waals surface area contributed by atoms with Crippen molar-refractivity contribution in [2.45, 2.75) is 20.8 Å². The van der Waals surface area contributed by atoms with Crippen LogP contribution in [0.2, 0.25) is 0 Å². The van der Waals surface area contributed by atoms with Gasteiger partial charge in [0.2, 0.25) is 0 Å². The number of Topliss-reactive ketones (excluding diaryl/α,β-unsaturated/α-hetero) is 3. The van der Waals surface area contributed by atoms with Crippen molar-refractivity contribution in [2.75, 3.05) is 0 Å². The second-order valence-corrected chi connectivity index (χ2v) is 2.26. The van der Waals surface area contributed by atoms with Crippen LogP contribution in [0, 0.1) is 5.92 Å². The number of carbonyl (C=O) groups excluding carboxylic acids is 3. The van der Waals surface area contributed by atoms with Gasteiger partial charge in [-0.15, -0.1) is 0 Å². The normalized spacial score (nSPS) is 8.73. The first-order chi connectivity index (χ1) is 4.46. The minimum absolute atomic E-state index is 0. The topological polar surface area (TPSA) is 51.2 Å². The SMILES string of the molecule is CC(=O)C(C(C)=O)C(C)=O.[Pt]. The largest absolute Gasteiger partial charge is 0.299 e. The summed E-state index contributed by atoms with van der Waals surface area (Å²) in [5, 5.41) is 0. The molecule has 66 valence electrons. The van der Waals surface area contributed by atoms with Gasteiger partial charge in [-0.25, -0.2) is 0 Å². The fourth-order valence-electron chi connectivity index (χ4n) is 0.859. The first kappa shape index (κ1) is 13.3. The van der Waals surface area contributed by atoms with Gasteiger partial charge in [0.05, 0.1) is 0 Å². The molecule has 0 rings (SSSR count). The third-order valence-electron chi connectivity index (χ3n) is 1.22. The van der Waals surface area contributed by atoms with Gasteiger partial charge in [0, 0.05) is 21.1 Å². The fraction of sp³-hybridized carbons (Fsp3) is 0.571. The number of rotatable bonds is 3. The summed E-state index contributed by atoms with van der Waals surface area (Å²) in [4.78, 5) is 31.8. The molecule has 0 amide bonds. The third-order valence-corrected chi connectivity index (χ3v) is 1.22. The van der Waals surface area contributed by atoms with Crippen LogP contribution in [-0.4, -0.2) is 17.3 Å². The van der Waals surface area contributed by atoms with Gasteiger partial charge in [-0.1, -0.05) is 0 Å². The van der Waals surface area contributed by atoms with Crippen LogP contribution in [0.4, 0.5) is 0 Å². The molecule has 3 nitrogen and oxygen atoms in total. The summed E-state index contributed by atoms with van der Waals surface area (Å²) in [5.74, 6) is -2.15. The second kappa shape index (κ2) is 5.36. The molecular formula is C7H10O3Pt. The van der Waals surface area contributed by atoms with Gasteiger partial charge in [0.25, 0.3) is 0 Å². The molecule has 0 saturated heterocycles. The van der Waals surface area contributed by atoms with E-state index < -0.39 is 5.92 Å². The van der Waals surface area contributed by atoms with Crippen LogP contribution in [0.25, 0.3) is 0 Å². The van der Waals surface area contributed by atoms with Gasteiger partial charge < -0.3 is 0 Å². The molecule has 11 heavy (non-hydrogen) atoms. The van der Waals surface area contributed by atoms with Gasteiger partial charge in [0.15, 0.2) is 0 Å². The summed E-state index contributed by atoms with van der Waals surface area (Å²) in [6.07, 6.45) is 0. The quantitative estimate of drug-likeness (QED) is 0.699. The average molecular weight is 337 g/mol. The van der Waals surface area contributed by atoms with E-state index in [1.807, 2.05) is 0 Å². The van der Waals surface area contributed by atoms with Crippen LogP contribution < -0.4 is 0 Å². The molecule has 0 aliphatic heterocycles.